The van der Waals surface area contributed by atoms with Crippen molar-refractivity contribution >= 4 is 5.91 Å². The molecule has 0 unspecified atom stereocenters. The van der Waals surface area contributed by atoms with Crippen LogP contribution in [0.1, 0.15) is 30.4 Å². The number of rotatable bonds is 7. The molecule has 0 radical (unpaired) electrons. The zero-order chi connectivity index (χ0) is 13.7. The molecular formula is C15H23N3O. The van der Waals surface area contributed by atoms with Crippen LogP contribution in [0.5, 0.6) is 0 Å². The highest BCUT2D eigenvalue weighted by molar-refractivity contribution is 5.76. The Hall–Kier alpha value is -1.39. The lowest BCUT2D eigenvalue weighted by Crippen LogP contribution is -2.30. The van der Waals surface area contributed by atoms with E-state index in [0.717, 1.165) is 25.9 Å². The summed E-state index contributed by atoms with van der Waals surface area (Å²) in [5.74, 6) is 0.168. The fourth-order valence-corrected chi connectivity index (χ4v) is 2.10. The molecule has 1 amide bonds. The summed E-state index contributed by atoms with van der Waals surface area (Å²) in [4.78, 5) is 13.8. The average molecular weight is 261 g/mol. The Bertz CT molecular complexity index is 429. The van der Waals surface area contributed by atoms with E-state index in [0.29, 0.717) is 19.0 Å². The molecule has 0 atom stereocenters. The van der Waals surface area contributed by atoms with Gasteiger partial charge in [-0.05, 0) is 31.0 Å². The summed E-state index contributed by atoms with van der Waals surface area (Å²) >= 11 is 0. The van der Waals surface area contributed by atoms with Crippen LogP contribution in [0.3, 0.4) is 0 Å². The molecule has 1 saturated carbocycles. The van der Waals surface area contributed by atoms with E-state index in [1.165, 1.54) is 11.1 Å². The zero-order valence-corrected chi connectivity index (χ0v) is 11.6. The number of nitrogens with one attached hydrogen (secondary N) is 1. The number of nitrogens with two attached hydrogens (primary N) is 1. The Kier molecular flexibility index (Phi) is 4.93. The van der Waals surface area contributed by atoms with Gasteiger partial charge in [0.1, 0.15) is 0 Å². The van der Waals surface area contributed by atoms with Crippen molar-refractivity contribution in [3.8, 4) is 0 Å². The van der Waals surface area contributed by atoms with E-state index in [2.05, 4.69) is 22.3 Å². The molecule has 19 heavy (non-hydrogen) atoms. The summed E-state index contributed by atoms with van der Waals surface area (Å²) < 4.78 is 0. The highest BCUT2D eigenvalue weighted by Gasteiger charge is 2.22. The van der Waals surface area contributed by atoms with Gasteiger partial charge in [0.25, 0.3) is 0 Å². The van der Waals surface area contributed by atoms with E-state index in [1.807, 2.05) is 19.2 Å². The fourth-order valence-electron chi connectivity index (χ4n) is 2.10. The van der Waals surface area contributed by atoms with Gasteiger partial charge in [0.2, 0.25) is 5.91 Å². The van der Waals surface area contributed by atoms with Gasteiger partial charge in [0, 0.05) is 32.1 Å². The van der Waals surface area contributed by atoms with E-state index in [9.17, 15) is 4.79 Å². The Morgan fingerprint density at radius 1 is 1.37 bits per heavy atom. The van der Waals surface area contributed by atoms with Crippen LogP contribution >= 0.6 is 0 Å². The topological polar surface area (TPSA) is 58.4 Å². The number of hydrogen-bond acceptors (Lipinski definition) is 3. The van der Waals surface area contributed by atoms with Gasteiger partial charge in [0.05, 0.1) is 0 Å². The van der Waals surface area contributed by atoms with E-state index in [4.69, 9.17) is 5.73 Å². The number of amides is 1. The minimum Gasteiger partial charge on any atom is -0.353 e. The molecule has 104 valence electrons. The molecule has 1 fully saturated rings. The van der Waals surface area contributed by atoms with Crippen molar-refractivity contribution in [2.24, 2.45) is 5.73 Å². The van der Waals surface area contributed by atoms with Crippen LogP contribution in [0.4, 0.5) is 0 Å². The minimum atomic E-state index is 0.168. The lowest BCUT2D eigenvalue weighted by Gasteiger charge is -2.18. The van der Waals surface area contributed by atoms with Crippen molar-refractivity contribution in [2.45, 2.75) is 38.4 Å². The Morgan fingerprint density at radius 2 is 2.05 bits per heavy atom. The second kappa shape index (κ2) is 6.68. The van der Waals surface area contributed by atoms with E-state index in [1.54, 1.807) is 0 Å². The third-order valence-corrected chi connectivity index (χ3v) is 3.44. The van der Waals surface area contributed by atoms with Gasteiger partial charge >= 0.3 is 0 Å². The van der Waals surface area contributed by atoms with E-state index in [-0.39, 0.29) is 5.91 Å². The molecule has 1 aromatic rings. The van der Waals surface area contributed by atoms with Crippen molar-refractivity contribution in [3.63, 3.8) is 0 Å². The van der Waals surface area contributed by atoms with E-state index >= 15 is 0 Å². The van der Waals surface area contributed by atoms with Gasteiger partial charge in [-0.2, -0.15) is 0 Å². The average Bonchev–Trinajstić information content (AvgIpc) is 3.21. The molecule has 0 heterocycles. The van der Waals surface area contributed by atoms with Gasteiger partial charge in [-0.1, -0.05) is 24.3 Å². The Morgan fingerprint density at radius 3 is 2.68 bits per heavy atom. The zero-order valence-electron chi connectivity index (χ0n) is 11.6. The van der Waals surface area contributed by atoms with E-state index < -0.39 is 0 Å². The molecular weight excluding hydrogens is 238 g/mol. The molecule has 4 nitrogen and oxygen atoms in total. The first-order chi connectivity index (χ1) is 9.19. The van der Waals surface area contributed by atoms with Gasteiger partial charge in [-0.25, -0.2) is 0 Å². The summed E-state index contributed by atoms with van der Waals surface area (Å²) in [5.41, 5.74) is 8.15. The van der Waals surface area contributed by atoms with Gasteiger partial charge in [-0.3, -0.25) is 4.79 Å². The Labute approximate surface area is 115 Å². The molecule has 0 saturated heterocycles. The monoisotopic (exact) mass is 261 g/mol. The maximum absolute atomic E-state index is 11.6. The van der Waals surface area contributed by atoms with Crippen LogP contribution in [0.2, 0.25) is 0 Å². The first kappa shape index (κ1) is 14.0. The van der Waals surface area contributed by atoms with Crippen molar-refractivity contribution in [3.05, 3.63) is 35.4 Å². The number of carbonyl (C=O) groups is 1. The van der Waals surface area contributed by atoms with Crippen LogP contribution in [0.15, 0.2) is 24.3 Å². The fraction of sp³-hybridized carbons (Fsp3) is 0.533. The molecule has 3 N–H and O–H groups in total. The minimum absolute atomic E-state index is 0.168. The molecule has 1 aromatic carbocycles. The SMILES string of the molecule is CN(CCC(=O)NC1CC1)Cc1ccccc1CN. The molecule has 0 spiro atoms. The summed E-state index contributed by atoms with van der Waals surface area (Å²) in [6.07, 6.45) is 2.86. The standard InChI is InChI=1S/C15H23N3O/c1-18(9-8-15(19)17-14-6-7-14)11-13-5-3-2-4-12(13)10-16/h2-5,14H,6-11,16H2,1H3,(H,17,19). The van der Waals surface area contributed by atoms with Crippen molar-refractivity contribution in [1.29, 1.82) is 0 Å². The smallest absolute Gasteiger partial charge is 0.221 e. The maximum atomic E-state index is 11.6. The number of hydrogen-bond donors (Lipinski definition) is 2. The van der Waals surface area contributed by atoms with Crippen LogP contribution in [0.25, 0.3) is 0 Å². The van der Waals surface area contributed by atoms with Crippen molar-refractivity contribution in [1.82, 2.24) is 10.2 Å². The largest absolute Gasteiger partial charge is 0.353 e. The summed E-state index contributed by atoms with van der Waals surface area (Å²) in [6, 6.07) is 8.65. The first-order valence-electron chi connectivity index (χ1n) is 6.94. The van der Waals surface area contributed by atoms with Gasteiger partial charge < -0.3 is 16.0 Å². The number of nitrogens with zero attached hydrogens (tertiary/aromatic N) is 1. The lowest BCUT2D eigenvalue weighted by atomic mass is 10.1. The van der Waals surface area contributed by atoms with Crippen LogP contribution in [-0.4, -0.2) is 30.4 Å². The third kappa shape index (κ3) is 4.65. The molecule has 0 aliphatic heterocycles. The van der Waals surface area contributed by atoms with Crippen LogP contribution < -0.4 is 11.1 Å². The van der Waals surface area contributed by atoms with Crippen LogP contribution in [-0.2, 0) is 17.9 Å². The van der Waals surface area contributed by atoms with Crippen molar-refractivity contribution < 1.29 is 4.79 Å². The molecule has 1 aliphatic carbocycles. The third-order valence-electron chi connectivity index (χ3n) is 3.44. The lowest BCUT2D eigenvalue weighted by molar-refractivity contribution is -0.121. The summed E-state index contributed by atoms with van der Waals surface area (Å²) in [6.45, 7) is 2.17. The first-order valence-corrected chi connectivity index (χ1v) is 6.94. The predicted octanol–water partition coefficient (Wildman–Crippen LogP) is 1.25. The normalized spacial score (nSPS) is 14.7. The molecule has 2 rings (SSSR count). The highest BCUT2D eigenvalue weighted by Crippen LogP contribution is 2.18. The van der Waals surface area contributed by atoms with Crippen LogP contribution in [0, 0.1) is 0 Å². The quantitative estimate of drug-likeness (QED) is 0.776. The molecule has 0 bridgehead atoms. The second-order valence-corrected chi connectivity index (χ2v) is 5.30. The highest BCUT2D eigenvalue weighted by atomic mass is 16.1. The number of carbonyl (C=O) groups excluding carboxylic acids is 1. The maximum Gasteiger partial charge on any atom is 0.221 e. The summed E-state index contributed by atoms with van der Waals surface area (Å²) in [7, 11) is 2.04. The van der Waals surface area contributed by atoms with Gasteiger partial charge in [-0.15, -0.1) is 0 Å². The Balaban J connectivity index is 1.76. The molecule has 4 heteroatoms. The predicted molar refractivity (Wildman–Crippen MR) is 76.4 cm³/mol. The molecule has 0 aromatic heterocycles. The number of benzene rings is 1. The second-order valence-electron chi connectivity index (χ2n) is 5.30. The molecule has 1 aliphatic rings. The summed E-state index contributed by atoms with van der Waals surface area (Å²) in [5, 5.41) is 3.01. The van der Waals surface area contributed by atoms with Gasteiger partial charge in [0.15, 0.2) is 0 Å². The van der Waals surface area contributed by atoms with Crippen molar-refractivity contribution in [2.75, 3.05) is 13.6 Å².